The molecule has 1 amide bonds. The molecule has 0 aliphatic rings. The summed E-state index contributed by atoms with van der Waals surface area (Å²) in [4.78, 5) is 27.3. The number of nitrogens with two attached hydrogens (primary N) is 1. The van der Waals surface area contributed by atoms with Crippen molar-refractivity contribution in [2.45, 2.75) is 19.9 Å². The van der Waals surface area contributed by atoms with Gasteiger partial charge in [0.05, 0.1) is 6.61 Å². The molecule has 2 rings (SSSR count). The average Bonchev–Trinajstić information content (AvgIpc) is 3.10. The number of carbonyl (C=O) groups is 2. The Kier molecular flexibility index (Phi) is 9.64. The molecule has 1 aromatic heterocycles. The summed E-state index contributed by atoms with van der Waals surface area (Å²) in [5.41, 5.74) is 6.93. The van der Waals surface area contributed by atoms with Gasteiger partial charge in [0.2, 0.25) is 0 Å². The molecule has 1 aromatic carbocycles. The van der Waals surface area contributed by atoms with Crippen molar-refractivity contribution in [1.82, 2.24) is 10.3 Å². The van der Waals surface area contributed by atoms with Gasteiger partial charge in [0.15, 0.2) is 6.61 Å². The van der Waals surface area contributed by atoms with Gasteiger partial charge >= 0.3 is 5.97 Å². The standard InChI is InChI=1S/C17H21N3O4S.ClH/c1-2-23-16(21)10-24-13-5-3-12(4-6-13)7-8-19-17(22)14-11-25-15(9-18)20-14;/h3-6,11H,2,7-10,18H2,1H3,(H,19,22);1H. The number of thiazole rings is 1. The monoisotopic (exact) mass is 399 g/mol. The van der Waals surface area contributed by atoms with Crippen LogP contribution in [0.4, 0.5) is 0 Å². The lowest BCUT2D eigenvalue weighted by Gasteiger charge is -2.07. The molecule has 9 heteroatoms. The minimum absolute atomic E-state index is 0. The second kappa shape index (κ2) is 11.5. The van der Waals surface area contributed by atoms with E-state index in [1.807, 2.05) is 12.1 Å². The van der Waals surface area contributed by atoms with Crippen LogP contribution in [0.25, 0.3) is 0 Å². The predicted octanol–water partition coefficient (Wildman–Crippen LogP) is 1.94. The number of carbonyl (C=O) groups excluding carboxylic acids is 2. The molecule has 0 saturated carbocycles. The zero-order chi connectivity index (χ0) is 18.1. The smallest absolute Gasteiger partial charge is 0.344 e. The minimum atomic E-state index is -0.394. The highest BCUT2D eigenvalue weighted by molar-refractivity contribution is 7.09. The maximum atomic E-state index is 11.9. The van der Waals surface area contributed by atoms with E-state index in [2.05, 4.69) is 10.3 Å². The molecule has 0 saturated heterocycles. The number of nitrogens with one attached hydrogen (secondary N) is 1. The summed E-state index contributed by atoms with van der Waals surface area (Å²) >= 11 is 1.38. The molecule has 1 heterocycles. The summed E-state index contributed by atoms with van der Waals surface area (Å²) in [5.74, 6) is -0.00270. The number of benzene rings is 1. The molecule has 26 heavy (non-hydrogen) atoms. The van der Waals surface area contributed by atoms with Crippen LogP contribution in [0.1, 0.15) is 28.0 Å². The molecule has 0 aliphatic heterocycles. The van der Waals surface area contributed by atoms with Crippen molar-refractivity contribution in [2.24, 2.45) is 5.73 Å². The number of hydrogen-bond donors (Lipinski definition) is 2. The first kappa shape index (κ1) is 21.9. The topological polar surface area (TPSA) is 104 Å². The number of aromatic nitrogens is 1. The quantitative estimate of drug-likeness (QED) is 0.624. The normalized spacial score (nSPS) is 9.92. The summed E-state index contributed by atoms with van der Waals surface area (Å²) < 4.78 is 10.1. The van der Waals surface area contributed by atoms with Crippen LogP contribution >= 0.6 is 23.7 Å². The third-order valence-electron chi connectivity index (χ3n) is 3.24. The number of ether oxygens (including phenoxy) is 2. The lowest BCUT2D eigenvalue weighted by Crippen LogP contribution is -2.26. The van der Waals surface area contributed by atoms with Crippen molar-refractivity contribution in [2.75, 3.05) is 19.8 Å². The summed E-state index contributed by atoms with van der Waals surface area (Å²) in [5, 5.41) is 5.27. The molecule has 7 nitrogen and oxygen atoms in total. The first-order chi connectivity index (χ1) is 12.1. The van der Waals surface area contributed by atoms with Gasteiger partial charge in [-0.1, -0.05) is 12.1 Å². The van der Waals surface area contributed by atoms with Crippen LogP contribution in [0.2, 0.25) is 0 Å². The molecule has 0 aliphatic carbocycles. The number of esters is 1. The van der Waals surface area contributed by atoms with Gasteiger partial charge in [-0.3, -0.25) is 4.79 Å². The Labute approximate surface area is 162 Å². The summed E-state index contributed by atoms with van der Waals surface area (Å²) in [6, 6.07) is 7.35. The summed E-state index contributed by atoms with van der Waals surface area (Å²) in [7, 11) is 0. The molecule has 0 atom stereocenters. The van der Waals surface area contributed by atoms with Crippen LogP contribution in [0.3, 0.4) is 0 Å². The van der Waals surface area contributed by atoms with Crippen LogP contribution in [0, 0.1) is 0 Å². The highest BCUT2D eigenvalue weighted by atomic mass is 35.5. The first-order valence-corrected chi connectivity index (χ1v) is 8.80. The van der Waals surface area contributed by atoms with E-state index >= 15 is 0 Å². The fourth-order valence-corrected chi connectivity index (χ4v) is 2.67. The predicted molar refractivity (Wildman–Crippen MR) is 102 cm³/mol. The molecule has 0 bridgehead atoms. The van der Waals surface area contributed by atoms with E-state index < -0.39 is 5.97 Å². The lowest BCUT2D eigenvalue weighted by molar-refractivity contribution is -0.145. The SMILES string of the molecule is CCOC(=O)COc1ccc(CCNC(=O)c2csc(CN)n2)cc1.Cl. The number of rotatable bonds is 9. The molecule has 0 fully saturated rings. The van der Waals surface area contributed by atoms with E-state index in [4.69, 9.17) is 15.2 Å². The Bertz CT molecular complexity index is 706. The Hall–Kier alpha value is -2.16. The van der Waals surface area contributed by atoms with Crippen molar-refractivity contribution >= 4 is 35.6 Å². The van der Waals surface area contributed by atoms with Gasteiger partial charge < -0.3 is 20.5 Å². The largest absolute Gasteiger partial charge is 0.482 e. The Morgan fingerprint density at radius 2 is 2.00 bits per heavy atom. The van der Waals surface area contributed by atoms with Gasteiger partial charge in [0.1, 0.15) is 16.5 Å². The van der Waals surface area contributed by atoms with E-state index in [1.54, 1.807) is 24.4 Å². The highest BCUT2D eigenvalue weighted by Crippen LogP contribution is 2.13. The molecular weight excluding hydrogens is 378 g/mol. The Morgan fingerprint density at radius 3 is 2.62 bits per heavy atom. The third kappa shape index (κ3) is 6.99. The second-order valence-corrected chi connectivity index (χ2v) is 6.02. The van der Waals surface area contributed by atoms with Crippen molar-refractivity contribution < 1.29 is 19.1 Å². The van der Waals surface area contributed by atoms with Crippen molar-refractivity contribution in [1.29, 1.82) is 0 Å². The van der Waals surface area contributed by atoms with Crippen LogP contribution in [-0.4, -0.2) is 36.6 Å². The number of amides is 1. The summed E-state index contributed by atoms with van der Waals surface area (Å²) in [6.45, 7) is 2.81. The van der Waals surface area contributed by atoms with Crippen LogP contribution in [0.15, 0.2) is 29.6 Å². The molecule has 0 radical (unpaired) electrons. The molecule has 0 spiro atoms. The van der Waals surface area contributed by atoms with Gasteiger partial charge in [0.25, 0.3) is 5.91 Å². The summed E-state index contributed by atoms with van der Waals surface area (Å²) in [6.07, 6.45) is 0.678. The van der Waals surface area contributed by atoms with E-state index in [0.29, 0.717) is 37.6 Å². The van der Waals surface area contributed by atoms with Crippen molar-refractivity contribution in [3.05, 3.63) is 45.9 Å². The van der Waals surface area contributed by atoms with Gasteiger partial charge in [-0.25, -0.2) is 9.78 Å². The van der Waals surface area contributed by atoms with E-state index in [-0.39, 0.29) is 24.9 Å². The molecule has 142 valence electrons. The molecule has 3 N–H and O–H groups in total. The number of halogens is 1. The molecule has 2 aromatic rings. The van der Waals surface area contributed by atoms with Crippen molar-refractivity contribution in [3.63, 3.8) is 0 Å². The molecular formula is C17H22ClN3O4S. The fraction of sp³-hybridized carbons (Fsp3) is 0.353. The Balaban J connectivity index is 0.00000338. The Morgan fingerprint density at radius 1 is 1.27 bits per heavy atom. The highest BCUT2D eigenvalue weighted by Gasteiger charge is 2.09. The van der Waals surface area contributed by atoms with Gasteiger partial charge in [-0.15, -0.1) is 23.7 Å². The van der Waals surface area contributed by atoms with E-state index in [1.165, 1.54) is 11.3 Å². The van der Waals surface area contributed by atoms with Crippen molar-refractivity contribution in [3.8, 4) is 5.75 Å². The fourth-order valence-electron chi connectivity index (χ4n) is 2.02. The van der Waals surface area contributed by atoms with Crippen LogP contribution in [-0.2, 0) is 22.5 Å². The number of hydrogen-bond acceptors (Lipinski definition) is 7. The zero-order valence-electron chi connectivity index (χ0n) is 14.4. The average molecular weight is 400 g/mol. The van der Waals surface area contributed by atoms with E-state index in [9.17, 15) is 9.59 Å². The lowest BCUT2D eigenvalue weighted by atomic mass is 10.1. The maximum Gasteiger partial charge on any atom is 0.344 e. The first-order valence-electron chi connectivity index (χ1n) is 7.92. The second-order valence-electron chi connectivity index (χ2n) is 5.07. The van der Waals surface area contributed by atoms with Gasteiger partial charge in [-0.2, -0.15) is 0 Å². The van der Waals surface area contributed by atoms with Gasteiger partial charge in [0, 0.05) is 18.5 Å². The minimum Gasteiger partial charge on any atom is -0.482 e. The number of nitrogens with zero attached hydrogens (tertiary/aromatic N) is 1. The maximum absolute atomic E-state index is 11.9. The van der Waals surface area contributed by atoms with E-state index in [0.717, 1.165) is 10.6 Å². The van der Waals surface area contributed by atoms with Gasteiger partial charge in [-0.05, 0) is 31.0 Å². The third-order valence-corrected chi connectivity index (χ3v) is 4.11. The zero-order valence-corrected chi connectivity index (χ0v) is 16.0. The van der Waals surface area contributed by atoms with Crippen LogP contribution < -0.4 is 15.8 Å². The molecule has 0 unspecified atom stereocenters. The van der Waals surface area contributed by atoms with Crippen LogP contribution in [0.5, 0.6) is 5.75 Å².